The quantitative estimate of drug-likeness (QED) is 0.725. The van der Waals surface area contributed by atoms with E-state index in [1.54, 1.807) is 0 Å². The fourth-order valence-corrected chi connectivity index (χ4v) is 6.06. The lowest BCUT2D eigenvalue weighted by Crippen LogP contribution is -2.65. The normalized spacial score (nSPS) is 29.9. The van der Waals surface area contributed by atoms with Crippen LogP contribution >= 0.6 is 0 Å². The summed E-state index contributed by atoms with van der Waals surface area (Å²) in [7, 11) is 5.93. The first-order chi connectivity index (χ1) is 14.5. The number of rotatable bonds is 4. The van der Waals surface area contributed by atoms with Crippen LogP contribution in [0.15, 0.2) is 48.5 Å². The highest BCUT2D eigenvalue weighted by Gasteiger charge is 2.71. The van der Waals surface area contributed by atoms with Crippen LogP contribution in [0, 0.1) is 11.8 Å². The zero-order valence-corrected chi connectivity index (χ0v) is 17.4. The standard InChI is InChI=1S/C24H24O6/c1-27-23(28-2)15-11-7-5-9-13(15)17-19(21(23)25)18-14-10-6-8-12-16(14)24(29-3,30-4)22(26)20(17)18/h5-12,17-20H,1-4H3. The summed E-state index contributed by atoms with van der Waals surface area (Å²) < 4.78 is 22.8. The molecule has 3 aliphatic carbocycles. The van der Waals surface area contributed by atoms with Crippen molar-refractivity contribution in [3.8, 4) is 0 Å². The minimum atomic E-state index is -1.47. The molecule has 0 amide bonds. The highest BCUT2D eigenvalue weighted by molar-refractivity contribution is 6.02. The van der Waals surface area contributed by atoms with Crippen LogP contribution in [-0.2, 0) is 40.1 Å². The van der Waals surface area contributed by atoms with Gasteiger partial charge in [-0.2, -0.15) is 0 Å². The van der Waals surface area contributed by atoms with E-state index in [4.69, 9.17) is 18.9 Å². The molecule has 0 aliphatic heterocycles. The van der Waals surface area contributed by atoms with E-state index in [9.17, 15) is 9.59 Å². The Bertz CT molecular complexity index is 944. The third-order valence-corrected chi connectivity index (χ3v) is 7.30. The van der Waals surface area contributed by atoms with Crippen LogP contribution < -0.4 is 0 Å². The SMILES string of the molecule is COC1(OC)C(=O)C2C(c3ccccc31)C1C(=O)C(OC)(OC)c3ccccc3C21. The molecule has 0 radical (unpaired) electrons. The van der Waals surface area contributed by atoms with E-state index in [0.29, 0.717) is 11.1 Å². The van der Waals surface area contributed by atoms with Gasteiger partial charge in [0.05, 0.1) is 0 Å². The predicted octanol–water partition coefficient (Wildman–Crippen LogP) is 2.86. The molecular formula is C24H24O6. The molecule has 0 bridgehead atoms. The smallest absolute Gasteiger partial charge is 0.256 e. The van der Waals surface area contributed by atoms with E-state index in [2.05, 4.69) is 0 Å². The molecule has 30 heavy (non-hydrogen) atoms. The number of hydrogen-bond acceptors (Lipinski definition) is 6. The van der Waals surface area contributed by atoms with Gasteiger partial charge < -0.3 is 18.9 Å². The second-order valence-corrected chi connectivity index (χ2v) is 8.06. The molecule has 156 valence electrons. The van der Waals surface area contributed by atoms with Crippen LogP contribution in [0.5, 0.6) is 0 Å². The summed E-state index contributed by atoms with van der Waals surface area (Å²) in [5, 5.41) is 0. The Kier molecular flexibility index (Phi) is 4.28. The number of methoxy groups -OCH3 is 4. The third-order valence-electron chi connectivity index (χ3n) is 7.30. The van der Waals surface area contributed by atoms with E-state index in [1.165, 1.54) is 28.4 Å². The van der Waals surface area contributed by atoms with Gasteiger partial charge in [-0.15, -0.1) is 0 Å². The van der Waals surface area contributed by atoms with Gasteiger partial charge in [0.25, 0.3) is 11.6 Å². The first-order valence-electron chi connectivity index (χ1n) is 10.0. The van der Waals surface area contributed by atoms with Crippen molar-refractivity contribution in [2.75, 3.05) is 28.4 Å². The van der Waals surface area contributed by atoms with Crippen LogP contribution in [0.25, 0.3) is 0 Å². The summed E-state index contributed by atoms with van der Waals surface area (Å²) in [6.45, 7) is 0. The minimum absolute atomic E-state index is 0.151. The van der Waals surface area contributed by atoms with Crippen molar-refractivity contribution in [2.45, 2.75) is 23.4 Å². The van der Waals surface area contributed by atoms with Crippen LogP contribution in [0.1, 0.15) is 34.1 Å². The molecule has 0 N–H and O–H groups in total. The van der Waals surface area contributed by atoms with E-state index in [-0.39, 0.29) is 23.4 Å². The van der Waals surface area contributed by atoms with Crippen LogP contribution in [0.3, 0.4) is 0 Å². The number of ether oxygens (including phenoxy) is 4. The first kappa shape index (κ1) is 19.6. The lowest BCUT2D eigenvalue weighted by atomic mass is 9.44. The largest absolute Gasteiger partial charge is 0.343 e. The van der Waals surface area contributed by atoms with Crippen molar-refractivity contribution in [2.24, 2.45) is 11.8 Å². The van der Waals surface area contributed by atoms with Crippen molar-refractivity contribution < 1.29 is 28.5 Å². The Morgan fingerprint density at radius 2 is 0.900 bits per heavy atom. The number of carbonyl (C=O) groups excluding carboxylic acids is 2. The molecule has 0 saturated heterocycles. The molecule has 6 nitrogen and oxygen atoms in total. The van der Waals surface area contributed by atoms with Crippen LogP contribution in [0.4, 0.5) is 0 Å². The number of hydrogen-bond donors (Lipinski definition) is 0. The fraction of sp³-hybridized carbons (Fsp3) is 0.417. The van der Waals surface area contributed by atoms with Crippen molar-refractivity contribution in [3.63, 3.8) is 0 Å². The molecule has 2 aromatic carbocycles. The second kappa shape index (κ2) is 6.56. The van der Waals surface area contributed by atoms with Gasteiger partial charge in [-0.1, -0.05) is 48.5 Å². The van der Waals surface area contributed by atoms with Crippen LogP contribution in [0.2, 0.25) is 0 Å². The molecule has 1 fully saturated rings. The maximum Gasteiger partial charge on any atom is 0.256 e. The number of fused-ring (bicyclic) bond motifs is 8. The summed E-state index contributed by atoms with van der Waals surface area (Å²) in [6, 6.07) is 15.1. The topological polar surface area (TPSA) is 71.1 Å². The molecule has 0 spiro atoms. The van der Waals surface area contributed by atoms with Crippen molar-refractivity contribution in [1.82, 2.24) is 0 Å². The number of Topliss-reactive ketones (excluding diaryl/α,β-unsaturated/α-hetero) is 2. The summed E-state index contributed by atoms with van der Waals surface area (Å²) >= 11 is 0. The van der Waals surface area contributed by atoms with E-state index >= 15 is 0 Å². The molecule has 2 aromatic rings. The minimum Gasteiger partial charge on any atom is -0.343 e. The predicted molar refractivity (Wildman–Crippen MR) is 107 cm³/mol. The van der Waals surface area contributed by atoms with Gasteiger partial charge in [0.15, 0.2) is 0 Å². The summed E-state index contributed by atoms with van der Waals surface area (Å²) in [6.07, 6.45) is 0. The molecule has 0 heterocycles. The second-order valence-electron chi connectivity index (χ2n) is 8.06. The van der Waals surface area contributed by atoms with Crippen molar-refractivity contribution >= 4 is 11.6 Å². The number of ketones is 2. The average molecular weight is 408 g/mol. The summed E-state index contributed by atoms with van der Waals surface area (Å²) in [4.78, 5) is 27.6. The van der Waals surface area contributed by atoms with E-state index in [0.717, 1.165) is 11.1 Å². The highest BCUT2D eigenvalue weighted by Crippen LogP contribution is 2.67. The lowest BCUT2D eigenvalue weighted by molar-refractivity contribution is -0.238. The maximum atomic E-state index is 13.8. The van der Waals surface area contributed by atoms with Crippen molar-refractivity contribution in [1.29, 1.82) is 0 Å². The molecule has 6 heteroatoms. The van der Waals surface area contributed by atoms with Gasteiger partial charge in [-0.25, -0.2) is 0 Å². The molecule has 3 aliphatic rings. The van der Waals surface area contributed by atoms with Gasteiger partial charge in [0.2, 0.25) is 11.6 Å². The number of benzene rings is 2. The van der Waals surface area contributed by atoms with E-state index < -0.39 is 23.4 Å². The van der Waals surface area contributed by atoms with Gasteiger partial charge in [0, 0.05) is 63.2 Å². The molecular weight excluding hydrogens is 384 g/mol. The van der Waals surface area contributed by atoms with Crippen molar-refractivity contribution in [3.05, 3.63) is 70.8 Å². The zero-order valence-electron chi connectivity index (χ0n) is 17.4. The average Bonchev–Trinajstić information content (AvgIpc) is 2.76. The third kappa shape index (κ3) is 2.02. The monoisotopic (exact) mass is 408 g/mol. The van der Waals surface area contributed by atoms with Crippen LogP contribution in [-0.4, -0.2) is 40.0 Å². The molecule has 0 unspecified atom stereocenters. The Morgan fingerprint density at radius 1 is 0.567 bits per heavy atom. The van der Waals surface area contributed by atoms with Gasteiger partial charge in [-0.3, -0.25) is 9.59 Å². The molecule has 0 aromatic heterocycles. The Hall–Kier alpha value is -2.38. The summed E-state index contributed by atoms with van der Waals surface area (Å²) in [5.41, 5.74) is 3.13. The van der Waals surface area contributed by atoms with Gasteiger partial charge in [0.1, 0.15) is 0 Å². The first-order valence-corrected chi connectivity index (χ1v) is 10.0. The Labute approximate surface area is 175 Å². The molecule has 0 atom stereocenters. The van der Waals surface area contributed by atoms with Gasteiger partial charge in [-0.05, 0) is 11.1 Å². The lowest BCUT2D eigenvalue weighted by Gasteiger charge is -2.60. The molecule has 1 saturated carbocycles. The Morgan fingerprint density at radius 3 is 1.23 bits per heavy atom. The molecule has 5 rings (SSSR count). The maximum absolute atomic E-state index is 13.8. The van der Waals surface area contributed by atoms with Gasteiger partial charge >= 0.3 is 0 Å². The fourth-order valence-electron chi connectivity index (χ4n) is 6.06. The Balaban J connectivity index is 1.76. The van der Waals surface area contributed by atoms with E-state index in [1.807, 2.05) is 48.5 Å². The number of carbonyl (C=O) groups is 2. The highest BCUT2D eigenvalue weighted by atomic mass is 16.7. The summed E-state index contributed by atoms with van der Waals surface area (Å²) in [5.74, 6) is -4.66. The zero-order chi connectivity index (χ0) is 21.3.